The number of carbonyl (C=O) groups is 1. The van der Waals surface area contributed by atoms with Gasteiger partial charge in [0.1, 0.15) is 12.0 Å². The second kappa shape index (κ2) is 7.90. The van der Waals surface area contributed by atoms with Crippen molar-refractivity contribution in [3.63, 3.8) is 0 Å². The normalized spacial score (nSPS) is 22.4. The molecule has 1 fully saturated rings. The number of hydrogen-bond donors (Lipinski definition) is 1. The van der Waals surface area contributed by atoms with Crippen molar-refractivity contribution in [3.8, 4) is 11.3 Å². The van der Waals surface area contributed by atoms with Gasteiger partial charge in [-0.1, -0.05) is 0 Å². The Balaban J connectivity index is 1.70. The molecule has 3 rings (SSSR count). The molecule has 0 spiro atoms. The number of nitrogens with zero attached hydrogens (tertiary/aromatic N) is 3. The number of hydrogen-bond acceptors (Lipinski definition) is 5. The zero-order valence-corrected chi connectivity index (χ0v) is 15.4. The molecule has 1 aliphatic rings. The number of pyridine rings is 1. The maximum Gasteiger partial charge on any atom is 0.451 e. The molecule has 150 valence electrons. The van der Waals surface area contributed by atoms with E-state index in [1.165, 1.54) is 0 Å². The van der Waals surface area contributed by atoms with Crippen LogP contribution < -0.4 is 5.32 Å². The molecule has 9 heteroatoms. The highest BCUT2D eigenvalue weighted by atomic mass is 19.4. The lowest BCUT2D eigenvalue weighted by Crippen LogP contribution is -2.35. The van der Waals surface area contributed by atoms with Crippen molar-refractivity contribution in [2.45, 2.75) is 57.5 Å². The average molecular weight is 396 g/mol. The summed E-state index contributed by atoms with van der Waals surface area (Å²) in [5.74, 6) is -1.26. The fraction of sp³-hybridized carbons (Fsp3) is 0.474. The SMILES string of the molecule is Cc1cnc(-c2cnc(C(F)(F)F)nc2)cc1CCC(=O)[C@@H]1C[C@@H](F)[C@H](C)N1. The Labute approximate surface area is 159 Å². The van der Waals surface area contributed by atoms with Crippen molar-refractivity contribution in [1.82, 2.24) is 20.3 Å². The molecule has 3 heterocycles. The molecule has 0 aliphatic carbocycles. The van der Waals surface area contributed by atoms with E-state index in [1.807, 2.05) is 6.92 Å². The van der Waals surface area contributed by atoms with Gasteiger partial charge in [0.2, 0.25) is 5.82 Å². The van der Waals surface area contributed by atoms with Gasteiger partial charge in [-0.25, -0.2) is 14.4 Å². The van der Waals surface area contributed by atoms with Crippen LogP contribution >= 0.6 is 0 Å². The maximum absolute atomic E-state index is 13.6. The van der Waals surface area contributed by atoms with Gasteiger partial charge in [-0.05, 0) is 37.5 Å². The largest absolute Gasteiger partial charge is 0.451 e. The monoisotopic (exact) mass is 396 g/mol. The Bertz CT molecular complexity index is 844. The van der Waals surface area contributed by atoms with Crippen LogP contribution in [-0.4, -0.2) is 39.0 Å². The Hall–Kier alpha value is -2.42. The summed E-state index contributed by atoms with van der Waals surface area (Å²) in [4.78, 5) is 23.2. The van der Waals surface area contributed by atoms with Gasteiger partial charge in [0.05, 0.1) is 11.7 Å². The topological polar surface area (TPSA) is 67.8 Å². The highest BCUT2D eigenvalue weighted by Crippen LogP contribution is 2.27. The predicted octanol–water partition coefficient (Wildman–Crippen LogP) is 3.46. The fourth-order valence-electron chi connectivity index (χ4n) is 3.17. The van der Waals surface area contributed by atoms with Crippen molar-refractivity contribution in [2.75, 3.05) is 0 Å². The third-order valence-electron chi connectivity index (χ3n) is 4.91. The van der Waals surface area contributed by atoms with Gasteiger partial charge in [-0.2, -0.15) is 13.2 Å². The third-order valence-corrected chi connectivity index (χ3v) is 4.91. The number of aryl methyl sites for hydroxylation is 2. The van der Waals surface area contributed by atoms with Crippen molar-refractivity contribution >= 4 is 5.78 Å². The molecule has 0 saturated carbocycles. The van der Waals surface area contributed by atoms with Crippen molar-refractivity contribution in [2.24, 2.45) is 0 Å². The van der Waals surface area contributed by atoms with Crippen LogP contribution in [0.2, 0.25) is 0 Å². The van der Waals surface area contributed by atoms with Crippen molar-refractivity contribution < 1.29 is 22.4 Å². The molecule has 1 N–H and O–H groups in total. The van der Waals surface area contributed by atoms with E-state index >= 15 is 0 Å². The van der Waals surface area contributed by atoms with Gasteiger partial charge >= 0.3 is 6.18 Å². The Morgan fingerprint density at radius 2 is 1.89 bits per heavy atom. The minimum absolute atomic E-state index is 0.0531. The molecule has 0 bridgehead atoms. The van der Waals surface area contributed by atoms with Crippen LogP contribution in [0.5, 0.6) is 0 Å². The van der Waals surface area contributed by atoms with E-state index in [4.69, 9.17) is 0 Å². The van der Waals surface area contributed by atoms with Crippen LogP contribution in [0.15, 0.2) is 24.7 Å². The maximum atomic E-state index is 13.6. The molecule has 1 saturated heterocycles. The molecule has 2 aromatic rings. The lowest BCUT2D eigenvalue weighted by Gasteiger charge is -2.12. The molecular formula is C19H20F4N4O. The first-order valence-electron chi connectivity index (χ1n) is 8.93. The van der Waals surface area contributed by atoms with Gasteiger partial charge < -0.3 is 5.32 Å². The average Bonchev–Trinajstić information content (AvgIpc) is 2.99. The van der Waals surface area contributed by atoms with Crippen LogP contribution in [0, 0.1) is 6.92 Å². The summed E-state index contributed by atoms with van der Waals surface area (Å²) in [6.45, 7) is 3.55. The Morgan fingerprint density at radius 1 is 1.21 bits per heavy atom. The summed E-state index contributed by atoms with van der Waals surface area (Å²) in [7, 11) is 0. The van der Waals surface area contributed by atoms with Gasteiger partial charge in [0.15, 0.2) is 0 Å². The zero-order chi connectivity index (χ0) is 20.5. The first-order chi connectivity index (χ1) is 13.1. The fourth-order valence-corrected chi connectivity index (χ4v) is 3.17. The zero-order valence-electron chi connectivity index (χ0n) is 15.4. The number of halogens is 4. The van der Waals surface area contributed by atoms with Crippen LogP contribution in [0.3, 0.4) is 0 Å². The number of nitrogens with one attached hydrogen (secondary N) is 1. The van der Waals surface area contributed by atoms with Crippen molar-refractivity contribution in [3.05, 3.63) is 41.6 Å². The standard InChI is InChI=1S/C19H20F4N4O/c1-10-7-24-15(13-8-25-18(26-9-13)19(21,22)23)5-12(10)3-4-17(28)16-6-14(20)11(2)27-16/h5,7-9,11,14,16,27H,3-4,6H2,1-2H3/t11-,14+,16-/m0/s1. The van der Waals surface area contributed by atoms with Crippen LogP contribution in [0.25, 0.3) is 11.3 Å². The molecule has 3 atom stereocenters. The van der Waals surface area contributed by atoms with Crippen LogP contribution in [-0.2, 0) is 17.4 Å². The van der Waals surface area contributed by atoms with Crippen molar-refractivity contribution in [1.29, 1.82) is 0 Å². The number of aromatic nitrogens is 3. The smallest absolute Gasteiger partial charge is 0.302 e. The van der Waals surface area contributed by atoms with E-state index in [-0.39, 0.29) is 24.7 Å². The van der Waals surface area contributed by atoms with E-state index in [0.717, 1.165) is 23.5 Å². The Kier molecular flexibility index (Phi) is 5.74. The first kappa shape index (κ1) is 20.3. The lowest BCUT2D eigenvalue weighted by atomic mass is 9.99. The van der Waals surface area contributed by atoms with Crippen LogP contribution in [0.4, 0.5) is 17.6 Å². The predicted molar refractivity (Wildman–Crippen MR) is 94.2 cm³/mol. The molecule has 0 aromatic carbocycles. The first-order valence-corrected chi connectivity index (χ1v) is 8.93. The summed E-state index contributed by atoms with van der Waals surface area (Å²) >= 11 is 0. The second-order valence-electron chi connectivity index (χ2n) is 7.02. The molecule has 28 heavy (non-hydrogen) atoms. The molecule has 0 radical (unpaired) electrons. The summed E-state index contributed by atoms with van der Waals surface area (Å²) < 4.78 is 51.4. The number of carbonyl (C=O) groups excluding carboxylic acids is 1. The molecule has 0 unspecified atom stereocenters. The molecule has 2 aromatic heterocycles. The summed E-state index contributed by atoms with van der Waals surface area (Å²) in [5.41, 5.74) is 2.49. The Morgan fingerprint density at radius 3 is 2.46 bits per heavy atom. The molecule has 0 amide bonds. The highest BCUT2D eigenvalue weighted by molar-refractivity contribution is 5.84. The summed E-state index contributed by atoms with van der Waals surface area (Å²) in [6.07, 6.45) is -1.01. The lowest BCUT2D eigenvalue weighted by molar-refractivity contribution is -0.145. The van der Waals surface area contributed by atoms with E-state index in [9.17, 15) is 22.4 Å². The van der Waals surface area contributed by atoms with E-state index < -0.39 is 24.2 Å². The number of ketones is 1. The minimum atomic E-state index is -4.60. The second-order valence-corrected chi connectivity index (χ2v) is 7.02. The van der Waals surface area contributed by atoms with E-state index in [0.29, 0.717) is 17.7 Å². The van der Waals surface area contributed by atoms with Gasteiger partial charge in [-0.3, -0.25) is 9.78 Å². The van der Waals surface area contributed by atoms with Gasteiger partial charge in [-0.15, -0.1) is 0 Å². The van der Waals surface area contributed by atoms with E-state index in [2.05, 4.69) is 20.3 Å². The number of alkyl halides is 4. The highest BCUT2D eigenvalue weighted by Gasteiger charge is 2.35. The minimum Gasteiger partial charge on any atom is -0.302 e. The van der Waals surface area contributed by atoms with Crippen LogP contribution in [0.1, 0.15) is 36.7 Å². The number of rotatable bonds is 5. The van der Waals surface area contributed by atoms with E-state index in [1.54, 1.807) is 19.2 Å². The van der Waals surface area contributed by atoms with Gasteiger partial charge in [0, 0.05) is 43.0 Å². The third kappa shape index (κ3) is 4.52. The molecule has 1 aliphatic heterocycles. The van der Waals surface area contributed by atoms with Gasteiger partial charge in [0.25, 0.3) is 0 Å². The summed E-state index contributed by atoms with van der Waals surface area (Å²) in [6, 6.07) is 0.912. The summed E-state index contributed by atoms with van der Waals surface area (Å²) in [5, 5.41) is 2.96. The quantitative estimate of drug-likeness (QED) is 0.784. The number of Topliss-reactive ketones (excluding diaryl/α,β-unsaturated/α-hetero) is 1. The molecular weight excluding hydrogens is 376 g/mol. The molecule has 5 nitrogen and oxygen atoms in total.